The van der Waals surface area contributed by atoms with Gasteiger partial charge in [0.2, 0.25) is 0 Å². The number of ether oxygens (including phenoxy) is 1. The Morgan fingerprint density at radius 3 is 2.63 bits per heavy atom. The molecule has 0 aliphatic carbocycles. The van der Waals surface area contributed by atoms with Gasteiger partial charge in [0.05, 0.1) is 18.2 Å². The number of aliphatic carboxylic acids is 1. The Morgan fingerprint density at radius 1 is 1.30 bits per heavy atom. The van der Waals surface area contributed by atoms with E-state index in [4.69, 9.17) is 21.4 Å². The van der Waals surface area contributed by atoms with Gasteiger partial charge in [-0.2, -0.15) is 0 Å². The van der Waals surface area contributed by atoms with Crippen molar-refractivity contribution < 1.29 is 19.4 Å². The SMILES string of the molecule is CC1(C)CN(C(CNC(=O)NCCCC(=O)O)c2ccc(Cl)cc2)CCO1. The number of amides is 2. The molecule has 0 aromatic heterocycles. The number of benzene rings is 1. The van der Waals surface area contributed by atoms with Gasteiger partial charge in [0.15, 0.2) is 0 Å². The molecule has 0 bridgehead atoms. The molecule has 0 radical (unpaired) electrons. The minimum Gasteiger partial charge on any atom is -0.481 e. The molecule has 1 heterocycles. The first kappa shape index (κ1) is 21.5. The summed E-state index contributed by atoms with van der Waals surface area (Å²) in [4.78, 5) is 24.9. The van der Waals surface area contributed by atoms with Crippen molar-refractivity contribution in [1.82, 2.24) is 15.5 Å². The summed E-state index contributed by atoms with van der Waals surface area (Å²) in [5.74, 6) is -0.866. The van der Waals surface area contributed by atoms with E-state index in [1.807, 2.05) is 24.3 Å². The van der Waals surface area contributed by atoms with Gasteiger partial charge in [0.25, 0.3) is 0 Å². The van der Waals surface area contributed by atoms with Gasteiger partial charge in [-0.1, -0.05) is 23.7 Å². The molecule has 2 rings (SSSR count). The van der Waals surface area contributed by atoms with Crippen LogP contribution in [0.1, 0.15) is 38.3 Å². The van der Waals surface area contributed by atoms with E-state index < -0.39 is 5.97 Å². The van der Waals surface area contributed by atoms with Gasteiger partial charge in [0, 0.05) is 37.6 Å². The van der Waals surface area contributed by atoms with Crippen molar-refractivity contribution in [3.8, 4) is 0 Å². The first-order chi connectivity index (χ1) is 12.8. The number of morpholine rings is 1. The minimum absolute atomic E-state index is 0.00443. The second-order valence-corrected chi connectivity index (χ2v) is 7.72. The average Bonchev–Trinajstić information content (AvgIpc) is 2.59. The van der Waals surface area contributed by atoms with Crippen molar-refractivity contribution in [3.05, 3.63) is 34.9 Å². The van der Waals surface area contributed by atoms with E-state index in [1.165, 1.54) is 0 Å². The number of carbonyl (C=O) groups excluding carboxylic acids is 1. The Balaban J connectivity index is 1.97. The number of urea groups is 1. The summed E-state index contributed by atoms with van der Waals surface area (Å²) >= 11 is 6.01. The summed E-state index contributed by atoms with van der Waals surface area (Å²) in [6.45, 7) is 7.04. The van der Waals surface area contributed by atoms with Gasteiger partial charge in [0.1, 0.15) is 0 Å². The van der Waals surface area contributed by atoms with Crippen molar-refractivity contribution in [1.29, 1.82) is 0 Å². The smallest absolute Gasteiger partial charge is 0.314 e. The largest absolute Gasteiger partial charge is 0.481 e. The lowest BCUT2D eigenvalue weighted by atomic mass is 10.0. The quantitative estimate of drug-likeness (QED) is 0.586. The molecule has 1 unspecified atom stereocenters. The van der Waals surface area contributed by atoms with E-state index in [2.05, 4.69) is 29.4 Å². The molecule has 1 fully saturated rings. The number of nitrogens with one attached hydrogen (secondary N) is 2. The van der Waals surface area contributed by atoms with E-state index >= 15 is 0 Å². The number of carboxylic acid groups (broad SMARTS) is 1. The number of carboxylic acids is 1. The zero-order chi connectivity index (χ0) is 19.9. The number of nitrogens with zero attached hydrogens (tertiary/aromatic N) is 1. The van der Waals surface area contributed by atoms with Crippen LogP contribution < -0.4 is 10.6 Å². The zero-order valence-electron chi connectivity index (χ0n) is 15.8. The third-order valence-electron chi connectivity index (χ3n) is 4.46. The lowest BCUT2D eigenvalue weighted by molar-refractivity contribution is -0.137. The van der Waals surface area contributed by atoms with E-state index in [0.29, 0.717) is 31.1 Å². The van der Waals surface area contributed by atoms with Gasteiger partial charge in [-0.3, -0.25) is 9.69 Å². The fourth-order valence-corrected chi connectivity index (χ4v) is 3.28. The predicted octanol–water partition coefficient (Wildman–Crippen LogP) is 2.66. The summed E-state index contributed by atoms with van der Waals surface area (Å²) in [5.41, 5.74) is 0.824. The highest BCUT2D eigenvalue weighted by atomic mass is 35.5. The van der Waals surface area contributed by atoms with Crippen LogP contribution in [0.3, 0.4) is 0 Å². The molecule has 150 valence electrons. The van der Waals surface area contributed by atoms with E-state index in [1.54, 1.807) is 0 Å². The van der Waals surface area contributed by atoms with Crippen LogP contribution in [0.4, 0.5) is 4.79 Å². The van der Waals surface area contributed by atoms with Gasteiger partial charge in [-0.15, -0.1) is 0 Å². The van der Waals surface area contributed by atoms with Crippen LogP contribution in [0.25, 0.3) is 0 Å². The zero-order valence-corrected chi connectivity index (χ0v) is 16.6. The molecule has 0 saturated carbocycles. The van der Waals surface area contributed by atoms with E-state index in [-0.39, 0.29) is 24.1 Å². The van der Waals surface area contributed by atoms with E-state index in [9.17, 15) is 9.59 Å². The van der Waals surface area contributed by atoms with Crippen LogP contribution in [0, 0.1) is 0 Å². The number of rotatable bonds is 8. The fraction of sp³-hybridized carbons (Fsp3) is 0.579. The summed E-state index contributed by atoms with van der Waals surface area (Å²) in [5, 5.41) is 14.9. The topological polar surface area (TPSA) is 90.9 Å². The molecular weight excluding hydrogens is 370 g/mol. The first-order valence-corrected chi connectivity index (χ1v) is 9.51. The van der Waals surface area contributed by atoms with Crippen LogP contribution in [0.2, 0.25) is 5.02 Å². The Bertz CT molecular complexity index is 636. The summed E-state index contributed by atoms with van der Waals surface area (Å²) in [7, 11) is 0. The second kappa shape index (κ2) is 9.92. The standard InChI is InChI=1S/C19H28ClN3O4/c1-19(2)13-23(10-11-27-19)16(14-5-7-15(20)8-6-14)12-22-18(26)21-9-3-4-17(24)25/h5-8,16H,3-4,9-13H2,1-2H3,(H,24,25)(H2,21,22,26). The third kappa shape index (κ3) is 7.36. The van der Waals surface area contributed by atoms with Crippen molar-refractivity contribution in [3.63, 3.8) is 0 Å². The number of hydrogen-bond acceptors (Lipinski definition) is 4. The van der Waals surface area contributed by atoms with Crippen molar-refractivity contribution >= 4 is 23.6 Å². The summed E-state index contributed by atoms with van der Waals surface area (Å²) in [6, 6.07) is 7.34. The second-order valence-electron chi connectivity index (χ2n) is 7.28. The van der Waals surface area contributed by atoms with Crippen LogP contribution in [-0.2, 0) is 9.53 Å². The fourth-order valence-electron chi connectivity index (χ4n) is 3.16. The molecule has 3 N–H and O–H groups in total. The molecule has 0 spiro atoms. The third-order valence-corrected chi connectivity index (χ3v) is 4.71. The van der Waals surface area contributed by atoms with Crippen molar-refractivity contribution in [2.75, 3.05) is 32.8 Å². The van der Waals surface area contributed by atoms with E-state index in [0.717, 1.165) is 18.7 Å². The molecule has 1 aromatic carbocycles. The summed E-state index contributed by atoms with van der Waals surface area (Å²) < 4.78 is 5.80. The molecule has 1 atom stereocenters. The van der Waals surface area contributed by atoms with Crippen LogP contribution in [0.15, 0.2) is 24.3 Å². The maximum Gasteiger partial charge on any atom is 0.314 e. The molecule has 1 saturated heterocycles. The van der Waals surface area contributed by atoms with Gasteiger partial charge in [-0.05, 0) is 38.0 Å². The first-order valence-electron chi connectivity index (χ1n) is 9.14. The predicted molar refractivity (Wildman–Crippen MR) is 104 cm³/mol. The van der Waals surface area contributed by atoms with Gasteiger partial charge < -0.3 is 20.5 Å². The lowest BCUT2D eigenvalue weighted by Gasteiger charge is -2.42. The summed E-state index contributed by atoms with van der Waals surface area (Å²) in [6.07, 6.45) is 0.442. The molecule has 1 aliphatic heterocycles. The average molecular weight is 398 g/mol. The van der Waals surface area contributed by atoms with Crippen LogP contribution in [0.5, 0.6) is 0 Å². The highest BCUT2D eigenvalue weighted by molar-refractivity contribution is 6.30. The highest BCUT2D eigenvalue weighted by Crippen LogP contribution is 2.27. The molecule has 8 heteroatoms. The maximum atomic E-state index is 12.1. The molecule has 1 aliphatic rings. The molecule has 1 aromatic rings. The Kier molecular flexibility index (Phi) is 7.89. The monoisotopic (exact) mass is 397 g/mol. The minimum atomic E-state index is -0.866. The number of hydrogen-bond donors (Lipinski definition) is 3. The Hall–Kier alpha value is -1.83. The lowest BCUT2D eigenvalue weighted by Crippen LogP contribution is -2.52. The molecule has 27 heavy (non-hydrogen) atoms. The van der Waals surface area contributed by atoms with Gasteiger partial charge in [-0.25, -0.2) is 4.79 Å². The van der Waals surface area contributed by atoms with Crippen LogP contribution >= 0.6 is 11.6 Å². The molecule has 2 amide bonds. The van der Waals surface area contributed by atoms with Crippen molar-refractivity contribution in [2.24, 2.45) is 0 Å². The highest BCUT2D eigenvalue weighted by Gasteiger charge is 2.32. The molecular formula is C19H28ClN3O4. The number of halogens is 1. The van der Waals surface area contributed by atoms with Crippen molar-refractivity contribution in [2.45, 2.75) is 38.3 Å². The van der Waals surface area contributed by atoms with Crippen LogP contribution in [-0.4, -0.2) is 60.4 Å². The maximum absolute atomic E-state index is 12.1. The number of carbonyl (C=O) groups is 2. The van der Waals surface area contributed by atoms with Gasteiger partial charge >= 0.3 is 12.0 Å². The molecule has 7 nitrogen and oxygen atoms in total. The normalized spacial score (nSPS) is 17.9. The Labute approximate surface area is 165 Å². The Morgan fingerprint density at radius 2 is 2.00 bits per heavy atom.